The molecule has 0 bridgehead atoms. The highest BCUT2D eigenvalue weighted by atomic mass is 16.5. The topological polar surface area (TPSA) is 21.3 Å². The highest BCUT2D eigenvalue weighted by Crippen LogP contribution is 2.38. The van der Waals surface area contributed by atoms with Gasteiger partial charge in [0.2, 0.25) is 0 Å². The standard InChI is InChI=1S/C12H23NO/c1-10-9-11(2,3)14-12(13-10)7-5-4-6-8-12/h10,13H,4-9H2,1-3H3. The third-order valence-electron chi connectivity index (χ3n) is 3.44. The average molecular weight is 197 g/mol. The van der Waals surface area contributed by atoms with E-state index < -0.39 is 0 Å². The zero-order valence-corrected chi connectivity index (χ0v) is 9.73. The summed E-state index contributed by atoms with van der Waals surface area (Å²) >= 11 is 0. The highest BCUT2D eigenvalue weighted by molar-refractivity contribution is 4.93. The van der Waals surface area contributed by atoms with Gasteiger partial charge in [0, 0.05) is 6.04 Å². The van der Waals surface area contributed by atoms with Crippen LogP contribution in [0.15, 0.2) is 0 Å². The van der Waals surface area contributed by atoms with E-state index in [9.17, 15) is 0 Å². The minimum absolute atomic E-state index is 0.0133. The van der Waals surface area contributed by atoms with Gasteiger partial charge in [-0.3, -0.25) is 5.32 Å². The van der Waals surface area contributed by atoms with Gasteiger partial charge >= 0.3 is 0 Å². The van der Waals surface area contributed by atoms with E-state index in [-0.39, 0.29) is 11.3 Å². The molecule has 0 aromatic rings. The van der Waals surface area contributed by atoms with Crippen molar-refractivity contribution in [3.8, 4) is 0 Å². The molecule has 14 heavy (non-hydrogen) atoms. The normalized spacial score (nSPS) is 35.8. The van der Waals surface area contributed by atoms with Crippen LogP contribution in [0.1, 0.15) is 59.3 Å². The molecule has 2 rings (SSSR count). The lowest BCUT2D eigenvalue weighted by atomic mass is 9.86. The van der Waals surface area contributed by atoms with E-state index in [1.54, 1.807) is 0 Å². The fourth-order valence-electron chi connectivity index (χ4n) is 3.21. The van der Waals surface area contributed by atoms with Crippen LogP contribution < -0.4 is 5.32 Å². The van der Waals surface area contributed by atoms with E-state index >= 15 is 0 Å². The van der Waals surface area contributed by atoms with Gasteiger partial charge in [-0.2, -0.15) is 0 Å². The lowest BCUT2D eigenvalue weighted by Crippen LogP contribution is -2.61. The smallest absolute Gasteiger partial charge is 0.120 e. The van der Waals surface area contributed by atoms with Crippen LogP contribution in [0.25, 0.3) is 0 Å². The predicted molar refractivity (Wildman–Crippen MR) is 58.2 cm³/mol. The Kier molecular flexibility index (Phi) is 2.61. The van der Waals surface area contributed by atoms with E-state index in [0.29, 0.717) is 6.04 Å². The average Bonchev–Trinajstić information content (AvgIpc) is 2.00. The van der Waals surface area contributed by atoms with E-state index in [0.717, 1.165) is 6.42 Å². The molecule has 0 radical (unpaired) electrons. The van der Waals surface area contributed by atoms with E-state index in [2.05, 4.69) is 26.1 Å². The van der Waals surface area contributed by atoms with Gasteiger partial charge in [0.15, 0.2) is 0 Å². The fourth-order valence-corrected chi connectivity index (χ4v) is 3.21. The SMILES string of the molecule is CC1CC(C)(C)OC2(CCCCC2)N1. The maximum Gasteiger partial charge on any atom is 0.120 e. The molecule has 0 aromatic carbocycles. The van der Waals surface area contributed by atoms with Crippen LogP contribution in [0.5, 0.6) is 0 Å². The molecule has 1 N–H and O–H groups in total. The molecule has 2 aliphatic rings. The van der Waals surface area contributed by atoms with Crippen molar-refractivity contribution < 1.29 is 4.74 Å². The van der Waals surface area contributed by atoms with Gasteiger partial charge in [-0.25, -0.2) is 0 Å². The lowest BCUT2D eigenvalue weighted by Gasteiger charge is -2.50. The number of rotatable bonds is 0. The van der Waals surface area contributed by atoms with Crippen LogP contribution in [0.4, 0.5) is 0 Å². The molecule has 1 saturated heterocycles. The molecular formula is C12H23NO. The summed E-state index contributed by atoms with van der Waals surface area (Å²) in [5.41, 5.74) is 0.0709. The van der Waals surface area contributed by atoms with Gasteiger partial charge in [0.25, 0.3) is 0 Å². The maximum atomic E-state index is 6.26. The van der Waals surface area contributed by atoms with Crippen molar-refractivity contribution in [3.05, 3.63) is 0 Å². The molecule has 2 nitrogen and oxygen atoms in total. The van der Waals surface area contributed by atoms with E-state index in [1.165, 1.54) is 32.1 Å². The Balaban J connectivity index is 2.10. The molecule has 1 heterocycles. The zero-order valence-electron chi connectivity index (χ0n) is 9.73. The quantitative estimate of drug-likeness (QED) is 0.644. The summed E-state index contributed by atoms with van der Waals surface area (Å²) in [7, 11) is 0. The first-order valence-electron chi connectivity index (χ1n) is 5.99. The summed E-state index contributed by atoms with van der Waals surface area (Å²) in [5, 5.41) is 3.67. The van der Waals surface area contributed by atoms with Crippen molar-refractivity contribution >= 4 is 0 Å². The van der Waals surface area contributed by atoms with E-state index in [1.807, 2.05) is 0 Å². The first-order valence-corrected chi connectivity index (χ1v) is 5.99. The molecule has 2 fully saturated rings. The molecule has 1 atom stereocenters. The van der Waals surface area contributed by atoms with Crippen LogP contribution in [-0.4, -0.2) is 17.4 Å². The molecular weight excluding hydrogens is 174 g/mol. The highest BCUT2D eigenvalue weighted by Gasteiger charge is 2.43. The second-order valence-electron chi connectivity index (χ2n) is 5.67. The summed E-state index contributed by atoms with van der Waals surface area (Å²) in [6.45, 7) is 6.72. The summed E-state index contributed by atoms with van der Waals surface area (Å²) in [4.78, 5) is 0. The predicted octanol–water partition coefficient (Wildman–Crippen LogP) is 2.82. The Morgan fingerprint density at radius 3 is 2.36 bits per heavy atom. The zero-order chi connectivity index (χ0) is 10.2. The third kappa shape index (κ3) is 2.12. The minimum atomic E-state index is 0.0133. The van der Waals surface area contributed by atoms with Crippen molar-refractivity contribution in [2.45, 2.75) is 76.7 Å². The van der Waals surface area contributed by atoms with Crippen LogP contribution >= 0.6 is 0 Å². The van der Waals surface area contributed by atoms with Gasteiger partial charge in [0.1, 0.15) is 5.72 Å². The van der Waals surface area contributed by atoms with Crippen LogP contribution in [0.3, 0.4) is 0 Å². The first-order chi connectivity index (χ1) is 6.52. The maximum absolute atomic E-state index is 6.26. The first kappa shape index (κ1) is 10.4. The fraction of sp³-hybridized carbons (Fsp3) is 1.00. The number of nitrogens with one attached hydrogen (secondary N) is 1. The van der Waals surface area contributed by atoms with Gasteiger partial charge < -0.3 is 4.74 Å². The molecule has 0 amide bonds. The van der Waals surface area contributed by atoms with Crippen molar-refractivity contribution in [2.75, 3.05) is 0 Å². The van der Waals surface area contributed by atoms with Crippen LogP contribution in [0.2, 0.25) is 0 Å². The Morgan fingerprint density at radius 1 is 1.14 bits per heavy atom. The van der Waals surface area contributed by atoms with Crippen LogP contribution in [0, 0.1) is 0 Å². The van der Waals surface area contributed by atoms with Crippen LogP contribution in [-0.2, 0) is 4.74 Å². The number of hydrogen-bond donors (Lipinski definition) is 1. The van der Waals surface area contributed by atoms with Gasteiger partial charge in [-0.1, -0.05) is 6.42 Å². The third-order valence-corrected chi connectivity index (χ3v) is 3.44. The molecule has 1 aliphatic carbocycles. The second-order valence-corrected chi connectivity index (χ2v) is 5.67. The molecule has 1 saturated carbocycles. The Bertz CT molecular complexity index is 206. The summed E-state index contributed by atoms with van der Waals surface area (Å²) < 4.78 is 6.26. The number of hydrogen-bond acceptors (Lipinski definition) is 2. The lowest BCUT2D eigenvalue weighted by molar-refractivity contribution is -0.209. The molecule has 1 spiro atoms. The second kappa shape index (κ2) is 3.49. The number of ether oxygens (including phenoxy) is 1. The van der Waals surface area contributed by atoms with Gasteiger partial charge in [-0.15, -0.1) is 0 Å². The Morgan fingerprint density at radius 2 is 1.79 bits per heavy atom. The Hall–Kier alpha value is -0.0800. The Labute approximate surface area is 87.4 Å². The molecule has 82 valence electrons. The minimum Gasteiger partial charge on any atom is -0.355 e. The molecule has 0 aromatic heterocycles. The summed E-state index contributed by atoms with van der Waals surface area (Å²) in [6, 6.07) is 0.594. The van der Waals surface area contributed by atoms with Gasteiger partial charge in [-0.05, 0) is 52.9 Å². The van der Waals surface area contributed by atoms with Crippen molar-refractivity contribution in [1.82, 2.24) is 5.32 Å². The summed E-state index contributed by atoms with van der Waals surface area (Å²) in [6.07, 6.45) is 7.52. The van der Waals surface area contributed by atoms with E-state index in [4.69, 9.17) is 4.74 Å². The molecule has 2 heteroatoms. The largest absolute Gasteiger partial charge is 0.355 e. The van der Waals surface area contributed by atoms with Crippen molar-refractivity contribution in [2.24, 2.45) is 0 Å². The van der Waals surface area contributed by atoms with Gasteiger partial charge in [0.05, 0.1) is 5.60 Å². The van der Waals surface area contributed by atoms with Crippen molar-refractivity contribution in [3.63, 3.8) is 0 Å². The monoisotopic (exact) mass is 197 g/mol. The molecule has 1 aliphatic heterocycles. The summed E-state index contributed by atoms with van der Waals surface area (Å²) in [5.74, 6) is 0. The molecule has 1 unspecified atom stereocenters. The van der Waals surface area contributed by atoms with Crippen molar-refractivity contribution in [1.29, 1.82) is 0 Å².